The molecule has 0 spiro atoms. The number of ether oxygens (including phenoxy) is 3. The Bertz CT molecular complexity index is 2040. The SMILES string of the molecule is COc1ccc(Cn2nc(C)c3c(-c4ccc(N5CCN(C(=O)OC(C)(C)C)CC5)cc4F)c(C#N)c(-c4ccc(OC)cc4)nc32)cc1. The number of methoxy groups -OCH3 is 2. The van der Waals surface area contributed by atoms with Crippen LogP contribution in [0.15, 0.2) is 66.7 Å². The number of aromatic nitrogens is 3. The number of nitriles is 1. The van der Waals surface area contributed by atoms with Crippen molar-refractivity contribution < 1.29 is 23.4 Å². The van der Waals surface area contributed by atoms with Crippen molar-refractivity contribution in [3.05, 3.63) is 89.4 Å². The number of anilines is 1. The van der Waals surface area contributed by atoms with Crippen LogP contribution in [0.2, 0.25) is 0 Å². The Balaban J connectivity index is 1.42. The van der Waals surface area contributed by atoms with Gasteiger partial charge in [-0.25, -0.2) is 18.9 Å². The number of nitrogens with zero attached hydrogens (tertiary/aromatic N) is 6. The molecule has 11 heteroatoms. The molecule has 6 rings (SSSR count). The topological polar surface area (TPSA) is 106 Å². The normalized spacial score (nSPS) is 13.3. The number of fused-ring (bicyclic) bond motifs is 1. The second-order valence-electron chi connectivity index (χ2n) is 13.0. The number of hydrogen-bond acceptors (Lipinski definition) is 8. The lowest BCUT2D eigenvalue weighted by molar-refractivity contribution is 0.0240. The summed E-state index contributed by atoms with van der Waals surface area (Å²) in [5, 5.41) is 16.1. The van der Waals surface area contributed by atoms with E-state index in [1.165, 1.54) is 6.07 Å². The Labute approximate surface area is 285 Å². The summed E-state index contributed by atoms with van der Waals surface area (Å²) in [6, 6.07) is 22.4. The Morgan fingerprint density at radius 3 is 2.14 bits per heavy atom. The number of rotatable bonds is 7. The van der Waals surface area contributed by atoms with Gasteiger partial charge in [-0.1, -0.05) is 12.1 Å². The molecule has 1 aliphatic rings. The van der Waals surface area contributed by atoms with Crippen LogP contribution in [-0.2, 0) is 11.3 Å². The van der Waals surface area contributed by atoms with E-state index in [4.69, 9.17) is 24.3 Å². The van der Waals surface area contributed by atoms with E-state index in [2.05, 4.69) is 6.07 Å². The molecule has 49 heavy (non-hydrogen) atoms. The van der Waals surface area contributed by atoms with Crippen LogP contribution in [0.4, 0.5) is 14.9 Å². The molecule has 3 heterocycles. The van der Waals surface area contributed by atoms with Gasteiger partial charge in [-0.2, -0.15) is 10.4 Å². The second-order valence-corrected chi connectivity index (χ2v) is 13.0. The molecule has 5 aromatic rings. The summed E-state index contributed by atoms with van der Waals surface area (Å²) in [6.45, 7) is 9.75. The Kier molecular flexibility index (Phi) is 9.15. The van der Waals surface area contributed by atoms with Crippen molar-refractivity contribution in [2.24, 2.45) is 0 Å². The molecule has 0 radical (unpaired) electrons. The molecule has 252 valence electrons. The third kappa shape index (κ3) is 6.85. The lowest BCUT2D eigenvalue weighted by Gasteiger charge is -2.36. The van der Waals surface area contributed by atoms with Crippen LogP contribution in [0, 0.1) is 24.1 Å². The number of pyridine rings is 1. The third-order valence-electron chi connectivity index (χ3n) is 8.54. The summed E-state index contributed by atoms with van der Waals surface area (Å²) in [5.74, 6) is 0.937. The van der Waals surface area contributed by atoms with Gasteiger partial charge in [0.05, 0.1) is 43.1 Å². The molecule has 0 unspecified atom stereocenters. The molecule has 0 N–H and O–H groups in total. The number of piperazine rings is 1. The molecule has 1 amide bonds. The minimum absolute atomic E-state index is 0.252. The van der Waals surface area contributed by atoms with E-state index in [0.29, 0.717) is 77.7 Å². The highest BCUT2D eigenvalue weighted by atomic mass is 19.1. The predicted molar refractivity (Wildman–Crippen MR) is 186 cm³/mol. The summed E-state index contributed by atoms with van der Waals surface area (Å²) >= 11 is 0. The van der Waals surface area contributed by atoms with Crippen LogP contribution in [0.1, 0.15) is 37.6 Å². The average Bonchev–Trinajstić information content (AvgIpc) is 3.41. The highest BCUT2D eigenvalue weighted by molar-refractivity contribution is 6.01. The van der Waals surface area contributed by atoms with Crippen molar-refractivity contribution in [1.82, 2.24) is 19.7 Å². The Morgan fingerprint density at radius 2 is 1.57 bits per heavy atom. The summed E-state index contributed by atoms with van der Waals surface area (Å²) in [4.78, 5) is 21.3. The van der Waals surface area contributed by atoms with Gasteiger partial charge in [-0.3, -0.25) is 0 Å². The highest BCUT2D eigenvalue weighted by Crippen LogP contribution is 2.40. The lowest BCUT2D eigenvalue weighted by Crippen LogP contribution is -2.50. The minimum atomic E-state index is -0.578. The molecule has 0 bridgehead atoms. The van der Waals surface area contributed by atoms with Gasteiger partial charge in [0.25, 0.3) is 0 Å². The van der Waals surface area contributed by atoms with Crippen molar-refractivity contribution in [3.8, 4) is 40.0 Å². The molecule has 0 saturated carbocycles. The number of halogens is 1. The molecule has 3 aromatic carbocycles. The zero-order valence-electron chi connectivity index (χ0n) is 28.6. The first-order valence-electron chi connectivity index (χ1n) is 16.1. The number of amides is 1. The van der Waals surface area contributed by atoms with Crippen LogP contribution < -0.4 is 14.4 Å². The molecule has 10 nitrogen and oxygen atoms in total. The second kappa shape index (κ2) is 13.5. The van der Waals surface area contributed by atoms with Gasteiger partial charge in [-0.15, -0.1) is 0 Å². The van der Waals surface area contributed by atoms with E-state index < -0.39 is 11.4 Å². The number of hydrogen-bond donors (Lipinski definition) is 0. The molecular weight excluding hydrogens is 623 g/mol. The lowest BCUT2D eigenvalue weighted by atomic mass is 9.92. The molecular formula is C38H39FN6O4. The summed E-state index contributed by atoms with van der Waals surface area (Å²) < 4.78 is 34.4. The van der Waals surface area contributed by atoms with E-state index in [0.717, 1.165) is 11.3 Å². The van der Waals surface area contributed by atoms with Gasteiger partial charge in [0.2, 0.25) is 0 Å². The number of benzene rings is 3. The summed E-state index contributed by atoms with van der Waals surface area (Å²) in [5.41, 5.74) is 4.34. The Morgan fingerprint density at radius 1 is 0.939 bits per heavy atom. The zero-order valence-corrected chi connectivity index (χ0v) is 28.6. The monoisotopic (exact) mass is 662 g/mol. The zero-order chi connectivity index (χ0) is 34.9. The number of carbonyl (C=O) groups is 1. The van der Waals surface area contributed by atoms with Crippen LogP contribution in [0.25, 0.3) is 33.4 Å². The summed E-state index contributed by atoms with van der Waals surface area (Å²) in [7, 11) is 3.21. The molecule has 0 aliphatic carbocycles. The first kappa shape index (κ1) is 33.3. The van der Waals surface area contributed by atoms with E-state index in [-0.39, 0.29) is 17.2 Å². The minimum Gasteiger partial charge on any atom is -0.497 e. The van der Waals surface area contributed by atoms with Crippen LogP contribution in [-0.4, -0.2) is 71.8 Å². The van der Waals surface area contributed by atoms with E-state index in [1.54, 1.807) is 42.0 Å². The fourth-order valence-electron chi connectivity index (χ4n) is 6.11. The van der Waals surface area contributed by atoms with Gasteiger partial charge in [0.15, 0.2) is 5.65 Å². The number of aryl methyl sites for hydroxylation is 1. The fraction of sp³-hybridized carbons (Fsp3) is 0.316. The van der Waals surface area contributed by atoms with Crippen LogP contribution in [0.3, 0.4) is 0 Å². The maximum atomic E-state index is 16.4. The van der Waals surface area contributed by atoms with Gasteiger partial charge in [0.1, 0.15) is 29.0 Å². The largest absolute Gasteiger partial charge is 0.497 e. The predicted octanol–water partition coefficient (Wildman–Crippen LogP) is 7.21. The maximum absolute atomic E-state index is 16.4. The quantitative estimate of drug-likeness (QED) is 0.180. The third-order valence-corrected chi connectivity index (χ3v) is 8.54. The van der Waals surface area contributed by atoms with Crippen LogP contribution >= 0.6 is 0 Å². The van der Waals surface area contributed by atoms with Gasteiger partial charge < -0.3 is 24.0 Å². The molecule has 2 aromatic heterocycles. The van der Waals surface area contributed by atoms with Crippen molar-refractivity contribution in [1.29, 1.82) is 5.26 Å². The van der Waals surface area contributed by atoms with Crippen molar-refractivity contribution >= 4 is 22.8 Å². The first-order valence-corrected chi connectivity index (χ1v) is 16.1. The van der Waals surface area contributed by atoms with E-state index in [9.17, 15) is 10.1 Å². The molecule has 1 fully saturated rings. The smallest absolute Gasteiger partial charge is 0.410 e. The van der Waals surface area contributed by atoms with Gasteiger partial charge >= 0.3 is 6.09 Å². The standard InChI is InChI=1S/C38H39FN6O4/c1-24-33-34(30-16-11-27(21-32(30)39)43-17-19-44(20-18-43)37(46)49-38(2,3)4)31(22-40)35(26-9-14-29(48-6)15-10-26)41-36(33)45(42-24)23-25-7-12-28(47-5)13-8-25/h7-16,21H,17-20,23H2,1-6H3. The molecule has 1 aliphatic heterocycles. The highest BCUT2D eigenvalue weighted by Gasteiger charge is 2.28. The van der Waals surface area contributed by atoms with Gasteiger partial charge in [-0.05, 0) is 87.9 Å². The fourth-order valence-corrected chi connectivity index (χ4v) is 6.11. The maximum Gasteiger partial charge on any atom is 0.410 e. The van der Waals surface area contributed by atoms with Crippen molar-refractivity contribution in [3.63, 3.8) is 0 Å². The number of carbonyl (C=O) groups excluding carboxylic acids is 1. The van der Waals surface area contributed by atoms with Gasteiger partial charge in [0, 0.05) is 48.6 Å². The first-order chi connectivity index (χ1) is 23.5. The Hall–Kier alpha value is -5.63. The summed E-state index contributed by atoms with van der Waals surface area (Å²) in [6.07, 6.45) is -0.352. The average molecular weight is 663 g/mol. The van der Waals surface area contributed by atoms with Crippen molar-refractivity contribution in [2.45, 2.75) is 39.8 Å². The molecule has 0 atom stereocenters. The van der Waals surface area contributed by atoms with Crippen molar-refractivity contribution in [2.75, 3.05) is 45.3 Å². The molecule has 1 saturated heterocycles. The van der Waals surface area contributed by atoms with Crippen LogP contribution in [0.5, 0.6) is 11.5 Å². The van der Waals surface area contributed by atoms with E-state index in [1.807, 2.05) is 75.1 Å². The van der Waals surface area contributed by atoms with E-state index >= 15 is 4.39 Å².